The predicted molar refractivity (Wildman–Crippen MR) is 121 cm³/mol. The molecule has 0 atom stereocenters. The second kappa shape index (κ2) is 8.19. The van der Waals surface area contributed by atoms with E-state index in [-0.39, 0.29) is 5.91 Å². The molecule has 2 aromatic carbocycles. The highest BCUT2D eigenvalue weighted by Crippen LogP contribution is 2.30. The molecule has 0 bridgehead atoms. The third-order valence-electron chi connectivity index (χ3n) is 6.03. The second-order valence-corrected chi connectivity index (χ2v) is 8.46. The van der Waals surface area contributed by atoms with Gasteiger partial charge in [0.1, 0.15) is 11.0 Å². The van der Waals surface area contributed by atoms with Gasteiger partial charge in [-0.15, -0.1) is 0 Å². The van der Waals surface area contributed by atoms with Crippen LogP contribution in [0, 0.1) is 6.92 Å². The SMILES string of the molecule is Cc1nn(Cc2ccccc2)c(Cl)c1C(=O)N1CCC(c2nc3ccccc3[nH]2)CC1. The molecule has 0 aliphatic carbocycles. The van der Waals surface area contributed by atoms with Crippen molar-refractivity contribution >= 4 is 28.5 Å². The Labute approximate surface area is 185 Å². The number of amides is 1. The van der Waals surface area contributed by atoms with E-state index >= 15 is 0 Å². The molecule has 0 radical (unpaired) electrons. The number of rotatable bonds is 4. The fourth-order valence-corrected chi connectivity index (χ4v) is 4.65. The molecule has 0 saturated carbocycles. The average molecular weight is 434 g/mol. The van der Waals surface area contributed by atoms with Crippen LogP contribution in [0.3, 0.4) is 0 Å². The van der Waals surface area contributed by atoms with Crippen LogP contribution in [-0.2, 0) is 6.54 Å². The molecule has 31 heavy (non-hydrogen) atoms. The Hall–Kier alpha value is -3.12. The normalized spacial score (nSPS) is 15.0. The molecule has 4 aromatic rings. The summed E-state index contributed by atoms with van der Waals surface area (Å²) in [5.74, 6) is 1.30. The monoisotopic (exact) mass is 433 g/mol. The smallest absolute Gasteiger partial charge is 0.258 e. The molecule has 1 amide bonds. The van der Waals surface area contributed by atoms with Crippen molar-refractivity contribution < 1.29 is 4.79 Å². The Morgan fingerprint density at radius 2 is 1.81 bits per heavy atom. The van der Waals surface area contributed by atoms with Gasteiger partial charge in [-0.05, 0) is 37.5 Å². The van der Waals surface area contributed by atoms with Crippen LogP contribution in [0.4, 0.5) is 0 Å². The van der Waals surface area contributed by atoms with Gasteiger partial charge in [-0.3, -0.25) is 4.79 Å². The lowest BCUT2D eigenvalue weighted by molar-refractivity contribution is 0.0710. The molecule has 0 unspecified atom stereocenters. The van der Waals surface area contributed by atoms with Crippen molar-refractivity contribution in [3.63, 3.8) is 0 Å². The van der Waals surface area contributed by atoms with E-state index in [9.17, 15) is 4.79 Å². The lowest BCUT2D eigenvalue weighted by atomic mass is 9.95. The number of likely N-dealkylation sites (tertiary alicyclic amines) is 1. The van der Waals surface area contributed by atoms with Crippen LogP contribution in [0.1, 0.15) is 46.2 Å². The highest BCUT2D eigenvalue weighted by molar-refractivity contribution is 6.33. The average Bonchev–Trinajstić information content (AvgIpc) is 3.35. The Kier molecular flexibility index (Phi) is 5.24. The molecule has 2 aromatic heterocycles. The van der Waals surface area contributed by atoms with Gasteiger partial charge in [-0.25, -0.2) is 9.67 Å². The number of benzene rings is 2. The molecular formula is C24H24ClN5O. The van der Waals surface area contributed by atoms with Crippen molar-refractivity contribution in [3.05, 3.63) is 82.4 Å². The molecule has 7 heteroatoms. The van der Waals surface area contributed by atoms with Crippen molar-refractivity contribution in [2.45, 2.75) is 32.2 Å². The van der Waals surface area contributed by atoms with Crippen LogP contribution in [0.25, 0.3) is 11.0 Å². The van der Waals surface area contributed by atoms with Crippen LogP contribution in [0.5, 0.6) is 0 Å². The number of nitrogens with one attached hydrogen (secondary N) is 1. The van der Waals surface area contributed by atoms with Crippen LogP contribution in [0.15, 0.2) is 54.6 Å². The van der Waals surface area contributed by atoms with Gasteiger partial charge in [0.15, 0.2) is 0 Å². The van der Waals surface area contributed by atoms with E-state index in [4.69, 9.17) is 16.6 Å². The van der Waals surface area contributed by atoms with E-state index in [0.717, 1.165) is 35.3 Å². The summed E-state index contributed by atoms with van der Waals surface area (Å²) >= 11 is 6.60. The number of piperidine rings is 1. The number of hydrogen-bond acceptors (Lipinski definition) is 3. The Morgan fingerprint density at radius 1 is 1.10 bits per heavy atom. The molecule has 1 saturated heterocycles. The highest BCUT2D eigenvalue weighted by Gasteiger charge is 2.30. The zero-order chi connectivity index (χ0) is 21.4. The van der Waals surface area contributed by atoms with E-state index < -0.39 is 0 Å². The number of aromatic amines is 1. The Morgan fingerprint density at radius 3 is 2.55 bits per heavy atom. The van der Waals surface area contributed by atoms with Crippen molar-refractivity contribution in [1.29, 1.82) is 0 Å². The first-order valence-corrected chi connectivity index (χ1v) is 11.0. The summed E-state index contributed by atoms with van der Waals surface area (Å²) in [6.07, 6.45) is 1.75. The number of fused-ring (bicyclic) bond motifs is 1. The third kappa shape index (κ3) is 3.83. The molecule has 0 spiro atoms. The van der Waals surface area contributed by atoms with E-state index in [0.29, 0.717) is 42.0 Å². The summed E-state index contributed by atoms with van der Waals surface area (Å²) in [7, 11) is 0. The number of para-hydroxylation sites is 2. The first-order valence-electron chi connectivity index (χ1n) is 10.6. The first kappa shape index (κ1) is 19.8. The Balaban J connectivity index is 1.29. The maximum atomic E-state index is 13.3. The number of H-pyrrole nitrogens is 1. The predicted octanol–water partition coefficient (Wildman–Crippen LogP) is 4.79. The van der Waals surface area contributed by atoms with Gasteiger partial charge in [-0.1, -0.05) is 54.1 Å². The van der Waals surface area contributed by atoms with Crippen molar-refractivity contribution in [2.24, 2.45) is 0 Å². The van der Waals surface area contributed by atoms with Gasteiger partial charge in [0.2, 0.25) is 0 Å². The molecule has 3 heterocycles. The summed E-state index contributed by atoms with van der Waals surface area (Å²) in [5.41, 5.74) is 4.33. The number of carbonyl (C=O) groups is 1. The number of aromatic nitrogens is 4. The Bertz CT molecular complexity index is 1190. The van der Waals surface area contributed by atoms with Gasteiger partial charge < -0.3 is 9.88 Å². The van der Waals surface area contributed by atoms with Crippen molar-refractivity contribution in [1.82, 2.24) is 24.6 Å². The summed E-state index contributed by atoms with van der Waals surface area (Å²) in [4.78, 5) is 23.3. The fraction of sp³-hybridized carbons (Fsp3) is 0.292. The molecule has 158 valence electrons. The third-order valence-corrected chi connectivity index (χ3v) is 6.42. The standard InChI is InChI=1S/C24H24ClN5O/c1-16-21(22(25)30(28-16)15-17-7-3-2-4-8-17)24(31)29-13-11-18(12-14-29)23-26-19-9-5-6-10-20(19)27-23/h2-10,18H,11-15H2,1H3,(H,26,27). The van der Waals surface area contributed by atoms with E-state index in [1.807, 2.05) is 66.4 Å². The van der Waals surface area contributed by atoms with Gasteiger partial charge >= 0.3 is 0 Å². The van der Waals surface area contributed by atoms with E-state index in [1.54, 1.807) is 4.68 Å². The fourth-order valence-electron chi connectivity index (χ4n) is 4.34. The summed E-state index contributed by atoms with van der Waals surface area (Å²) in [6, 6.07) is 18.1. The lowest BCUT2D eigenvalue weighted by Crippen LogP contribution is -2.38. The summed E-state index contributed by atoms with van der Waals surface area (Å²) < 4.78 is 1.71. The minimum absolute atomic E-state index is 0.0372. The topological polar surface area (TPSA) is 66.8 Å². The number of halogens is 1. The zero-order valence-corrected chi connectivity index (χ0v) is 18.1. The molecule has 5 rings (SSSR count). The maximum absolute atomic E-state index is 13.3. The highest BCUT2D eigenvalue weighted by atomic mass is 35.5. The van der Waals surface area contributed by atoms with Crippen LogP contribution >= 0.6 is 11.6 Å². The number of aryl methyl sites for hydroxylation is 1. The molecular weight excluding hydrogens is 410 g/mol. The van der Waals surface area contributed by atoms with Crippen LogP contribution in [0.2, 0.25) is 5.15 Å². The summed E-state index contributed by atoms with van der Waals surface area (Å²) in [6.45, 7) is 3.75. The molecule has 1 aliphatic rings. The van der Waals surface area contributed by atoms with Gasteiger partial charge in [0, 0.05) is 19.0 Å². The lowest BCUT2D eigenvalue weighted by Gasteiger charge is -2.31. The van der Waals surface area contributed by atoms with Crippen molar-refractivity contribution in [3.8, 4) is 0 Å². The minimum atomic E-state index is -0.0372. The molecule has 6 nitrogen and oxygen atoms in total. The minimum Gasteiger partial charge on any atom is -0.342 e. The second-order valence-electron chi connectivity index (χ2n) is 8.10. The van der Waals surface area contributed by atoms with Crippen LogP contribution in [-0.4, -0.2) is 43.6 Å². The van der Waals surface area contributed by atoms with E-state index in [2.05, 4.69) is 10.1 Å². The number of nitrogens with zero attached hydrogens (tertiary/aromatic N) is 4. The van der Waals surface area contributed by atoms with Crippen LogP contribution < -0.4 is 0 Å². The number of hydrogen-bond donors (Lipinski definition) is 1. The van der Waals surface area contributed by atoms with Gasteiger partial charge in [0.25, 0.3) is 5.91 Å². The zero-order valence-electron chi connectivity index (χ0n) is 17.4. The molecule has 1 N–H and O–H groups in total. The number of imidazole rings is 1. The van der Waals surface area contributed by atoms with E-state index in [1.165, 1.54) is 0 Å². The molecule has 1 fully saturated rings. The maximum Gasteiger partial charge on any atom is 0.258 e. The molecule has 1 aliphatic heterocycles. The summed E-state index contributed by atoms with van der Waals surface area (Å²) in [5, 5.41) is 4.94. The van der Waals surface area contributed by atoms with Crippen molar-refractivity contribution in [2.75, 3.05) is 13.1 Å². The largest absolute Gasteiger partial charge is 0.342 e. The quantitative estimate of drug-likeness (QED) is 0.503. The first-order chi connectivity index (χ1) is 15.1. The van der Waals surface area contributed by atoms with Gasteiger partial charge in [-0.2, -0.15) is 5.10 Å². The number of carbonyl (C=O) groups excluding carboxylic acids is 1. The van der Waals surface area contributed by atoms with Gasteiger partial charge in [0.05, 0.1) is 28.8 Å².